The number of carboxylic acids is 1. The molecule has 2 unspecified atom stereocenters. The van der Waals surface area contributed by atoms with E-state index in [2.05, 4.69) is 20.9 Å². The zero-order valence-corrected chi connectivity index (χ0v) is 36.3. The van der Waals surface area contributed by atoms with Gasteiger partial charge in [-0.3, -0.25) is 19.2 Å². The number of likely N-dealkylation sites (N-methyl/N-ethyl adjacent to an activating group) is 1. The predicted octanol–water partition coefficient (Wildman–Crippen LogP) is 5.26. The number of unbranched alkanes of at least 4 members (excludes halogenated alkanes) is 1. The summed E-state index contributed by atoms with van der Waals surface area (Å²) in [4.78, 5) is 81.2. The van der Waals surface area contributed by atoms with Gasteiger partial charge in [-0.25, -0.2) is 9.59 Å². The number of carbonyl (C=O) groups is 6. The van der Waals surface area contributed by atoms with Crippen molar-refractivity contribution in [2.75, 3.05) is 46.3 Å². The Kier molecular flexibility index (Phi) is 18.5. The van der Waals surface area contributed by atoms with Crippen molar-refractivity contribution in [1.29, 1.82) is 0 Å². The van der Waals surface area contributed by atoms with E-state index in [0.29, 0.717) is 58.4 Å². The number of rotatable bonds is 15. The molecule has 3 aromatic carbocycles. The largest absolute Gasteiger partial charge is 0.490 e. The van der Waals surface area contributed by atoms with Gasteiger partial charge in [0.2, 0.25) is 23.6 Å². The third kappa shape index (κ3) is 16.3. The fourth-order valence-corrected chi connectivity index (χ4v) is 7.24. The van der Waals surface area contributed by atoms with Crippen LogP contribution in [-0.4, -0.2) is 126 Å². The Morgan fingerprint density at radius 2 is 1.30 bits per heavy atom. The average Bonchev–Trinajstić information content (AvgIpc) is 3.24. The fraction of sp³-hybridized carbons (Fsp3) is 0.478. The van der Waals surface area contributed by atoms with Crippen LogP contribution in [0.5, 0.6) is 0 Å². The lowest BCUT2D eigenvalue weighted by molar-refractivity contribution is -0.192. The molecule has 0 saturated carbocycles. The first-order chi connectivity index (χ1) is 29.8. The molecule has 2 aliphatic rings. The number of ether oxygens (including phenoxy) is 1. The van der Waals surface area contributed by atoms with Crippen LogP contribution in [0.4, 0.5) is 18.0 Å². The van der Waals surface area contributed by atoms with Gasteiger partial charge >= 0.3 is 18.2 Å². The standard InChI is InChI=1S/C44H58N6O6.C2HF3O2/c1-44(2,3)56-43(55)47-37(41(53)46-30-36(32-15-7-5-8-16-32)33-17-9-6-10-18-33)21-13-14-24-45-42(54)38-29-34-19-11-12-20-35(34)31-50(38)40(52)23-22-39(51)49-27-25-48(4)26-28-49;3-2(4,5)1(6)7/h5-12,15-20,36-38H,13-14,21-31H2,1-4H3,(H,45,54)(H,46,53)(H,47,55);(H,6,7). The number of alkyl carbamates (subject to hydrolysis) is 1. The van der Waals surface area contributed by atoms with Crippen LogP contribution in [0.1, 0.15) is 81.0 Å². The number of hydrogen-bond acceptors (Lipinski definition) is 8. The molecule has 5 rings (SSSR count). The van der Waals surface area contributed by atoms with Crippen molar-refractivity contribution in [3.8, 4) is 0 Å². The lowest BCUT2D eigenvalue weighted by atomic mass is 9.91. The molecule has 0 radical (unpaired) electrons. The maximum atomic E-state index is 13.7. The van der Waals surface area contributed by atoms with Crippen LogP contribution in [0.2, 0.25) is 0 Å². The third-order valence-corrected chi connectivity index (χ3v) is 10.6. The summed E-state index contributed by atoms with van der Waals surface area (Å²) in [5, 5.41) is 16.0. The highest BCUT2D eigenvalue weighted by atomic mass is 19.4. The summed E-state index contributed by atoms with van der Waals surface area (Å²) in [6.07, 6.45) is -3.83. The predicted molar refractivity (Wildman–Crippen MR) is 229 cm³/mol. The minimum atomic E-state index is -5.08. The van der Waals surface area contributed by atoms with E-state index in [4.69, 9.17) is 14.6 Å². The van der Waals surface area contributed by atoms with Gasteiger partial charge in [0.15, 0.2) is 0 Å². The molecule has 0 bridgehead atoms. The first kappa shape index (κ1) is 49.7. The molecule has 0 aliphatic carbocycles. The summed E-state index contributed by atoms with van der Waals surface area (Å²) in [6, 6.07) is 26.2. The van der Waals surface area contributed by atoms with Gasteiger partial charge in [-0.05, 0) is 69.3 Å². The lowest BCUT2D eigenvalue weighted by Gasteiger charge is -2.36. The van der Waals surface area contributed by atoms with Crippen LogP contribution in [0.3, 0.4) is 0 Å². The summed E-state index contributed by atoms with van der Waals surface area (Å²) >= 11 is 0. The van der Waals surface area contributed by atoms with Crippen molar-refractivity contribution < 1.29 is 51.8 Å². The first-order valence-electron chi connectivity index (χ1n) is 21.1. The molecule has 5 amide bonds. The lowest BCUT2D eigenvalue weighted by Crippen LogP contribution is -2.53. The van der Waals surface area contributed by atoms with Crippen LogP contribution >= 0.6 is 0 Å². The van der Waals surface area contributed by atoms with E-state index in [1.165, 1.54) is 0 Å². The molecule has 0 aromatic heterocycles. The number of amides is 5. The molecule has 17 heteroatoms. The van der Waals surface area contributed by atoms with Crippen molar-refractivity contribution >= 4 is 35.7 Å². The van der Waals surface area contributed by atoms with Gasteiger partial charge in [0.05, 0.1) is 0 Å². The van der Waals surface area contributed by atoms with Crippen LogP contribution in [0.15, 0.2) is 84.9 Å². The number of piperazine rings is 1. The Morgan fingerprint density at radius 1 is 0.762 bits per heavy atom. The SMILES string of the molecule is CN1CCN(C(=O)CCC(=O)N2Cc3ccccc3CC2C(=O)NCCCCC(NC(=O)OC(C)(C)C)C(=O)NCC(c2ccccc2)c2ccccc2)CC1.O=C(O)C(F)(F)F. The van der Waals surface area contributed by atoms with Crippen molar-refractivity contribution in [1.82, 2.24) is 30.7 Å². The minimum absolute atomic E-state index is 0.0368. The number of aliphatic carboxylic acids is 1. The molecule has 1 fully saturated rings. The maximum Gasteiger partial charge on any atom is 0.490 e. The number of hydrogen-bond donors (Lipinski definition) is 4. The van der Waals surface area contributed by atoms with Crippen LogP contribution in [-0.2, 0) is 41.7 Å². The normalized spacial score (nSPS) is 15.8. The summed E-state index contributed by atoms with van der Waals surface area (Å²) < 4.78 is 37.2. The van der Waals surface area contributed by atoms with Crippen LogP contribution in [0.25, 0.3) is 0 Å². The first-order valence-corrected chi connectivity index (χ1v) is 21.1. The Labute approximate surface area is 366 Å². The second kappa shape index (κ2) is 23.5. The monoisotopic (exact) mass is 880 g/mol. The molecule has 342 valence electrons. The molecular formula is C46H59F3N6O8. The van der Waals surface area contributed by atoms with Crippen molar-refractivity contribution in [2.24, 2.45) is 0 Å². The van der Waals surface area contributed by atoms with E-state index >= 15 is 0 Å². The second-order valence-electron chi connectivity index (χ2n) is 16.6. The number of nitrogens with one attached hydrogen (secondary N) is 3. The van der Waals surface area contributed by atoms with Crippen LogP contribution in [0, 0.1) is 0 Å². The summed E-state index contributed by atoms with van der Waals surface area (Å²) in [7, 11) is 2.03. The minimum Gasteiger partial charge on any atom is -0.475 e. The molecule has 2 heterocycles. The van der Waals surface area contributed by atoms with E-state index in [-0.39, 0.29) is 42.4 Å². The number of alkyl halides is 3. The van der Waals surface area contributed by atoms with E-state index in [1.807, 2.05) is 96.9 Å². The highest BCUT2D eigenvalue weighted by Gasteiger charge is 2.38. The van der Waals surface area contributed by atoms with Gasteiger partial charge in [-0.2, -0.15) is 13.2 Å². The Hall–Kier alpha value is -5.97. The van der Waals surface area contributed by atoms with E-state index in [0.717, 1.165) is 35.3 Å². The smallest absolute Gasteiger partial charge is 0.475 e. The molecule has 1 saturated heterocycles. The zero-order chi connectivity index (χ0) is 46.2. The quantitative estimate of drug-likeness (QED) is 0.149. The Bertz CT molecular complexity index is 1950. The summed E-state index contributed by atoms with van der Waals surface area (Å²) in [5.41, 5.74) is 3.40. The van der Waals surface area contributed by atoms with Crippen molar-refractivity contribution in [3.63, 3.8) is 0 Å². The highest BCUT2D eigenvalue weighted by Crippen LogP contribution is 2.26. The van der Waals surface area contributed by atoms with E-state index in [9.17, 15) is 37.1 Å². The fourth-order valence-electron chi connectivity index (χ4n) is 7.24. The summed E-state index contributed by atoms with van der Waals surface area (Å²) in [5.74, 6) is -3.68. The molecular weight excluding hydrogens is 822 g/mol. The third-order valence-electron chi connectivity index (χ3n) is 10.6. The molecule has 14 nitrogen and oxygen atoms in total. The van der Waals surface area contributed by atoms with E-state index < -0.39 is 35.9 Å². The van der Waals surface area contributed by atoms with Gasteiger partial charge < -0.3 is 40.5 Å². The number of benzene rings is 3. The number of carboxylic acid groups (broad SMARTS) is 1. The second-order valence-corrected chi connectivity index (χ2v) is 16.6. The average molecular weight is 881 g/mol. The Balaban J connectivity index is 0.00000115. The highest BCUT2D eigenvalue weighted by molar-refractivity contribution is 5.90. The van der Waals surface area contributed by atoms with E-state index in [1.54, 1.807) is 25.7 Å². The number of halogens is 3. The van der Waals surface area contributed by atoms with Gasteiger partial charge in [0.25, 0.3) is 0 Å². The topological polar surface area (TPSA) is 178 Å². The number of fused-ring (bicyclic) bond motifs is 1. The van der Waals surface area contributed by atoms with Gasteiger partial charge in [0.1, 0.15) is 17.7 Å². The molecule has 2 aliphatic heterocycles. The van der Waals surface area contributed by atoms with Gasteiger partial charge in [-0.1, -0.05) is 84.9 Å². The van der Waals surface area contributed by atoms with Crippen molar-refractivity contribution in [3.05, 3.63) is 107 Å². The molecule has 63 heavy (non-hydrogen) atoms. The van der Waals surface area contributed by atoms with Crippen LogP contribution < -0.4 is 16.0 Å². The molecule has 0 spiro atoms. The van der Waals surface area contributed by atoms with Crippen molar-refractivity contribution in [2.45, 2.75) is 95.6 Å². The number of nitrogens with zero attached hydrogens (tertiary/aromatic N) is 3. The zero-order valence-electron chi connectivity index (χ0n) is 36.3. The number of carbonyl (C=O) groups excluding carboxylic acids is 5. The molecule has 2 atom stereocenters. The summed E-state index contributed by atoms with van der Waals surface area (Å²) in [6.45, 7) is 9.18. The molecule has 3 aromatic rings. The van der Waals surface area contributed by atoms with Gasteiger partial charge in [-0.15, -0.1) is 0 Å². The maximum absolute atomic E-state index is 13.7. The Morgan fingerprint density at radius 3 is 1.86 bits per heavy atom. The van der Waals surface area contributed by atoms with Gasteiger partial charge in [0, 0.05) is 71.0 Å². The molecule has 4 N–H and O–H groups in total.